The van der Waals surface area contributed by atoms with E-state index < -0.39 is 0 Å². The summed E-state index contributed by atoms with van der Waals surface area (Å²) in [7, 11) is 0. The highest BCUT2D eigenvalue weighted by molar-refractivity contribution is 9.10. The molecule has 0 amide bonds. The molecule has 0 unspecified atom stereocenters. The standard InChI is InChI=1S/C17H16BrNO2/c1-4-10-21-13-7-8-14(15(18)11-13)16-9-6-12(3)17(20)19(16)5-2/h1,6-9,11H,5,10H2,2-3H3. The minimum atomic E-state index is 0.0366. The number of ether oxygens (including phenoxy) is 1. The van der Waals surface area contributed by atoms with Gasteiger partial charge >= 0.3 is 0 Å². The normalized spacial score (nSPS) is 10.2. The second-order valence-corrected chi connectivity index (χ2v) is 5.44. The van der Waals surface area contributed by atoms with Crippen molar-refractivity contribution in [3.8, 4) is 29.4 Å². The van der Waals surface area contributed by atoms with Crippen LogP contribution in [0.4, 0.5) is 0 Å². The smallest absolute Gasteiger partial charge is 0.253 e. The Kier molecular flexibility index (Phi) is 4.87. The molecule has 0 saturated carbocycles. The van der Waals surface area contributed by atoms with Gasteiger partial charge in [0.2, 0.25) is 0 Å². The Bertz CT molecular complexity index is 756. The van der Waals surface area contributed by atoms with E-state index >= 15 is 0 Å². The zero-order valence-electron chi connectivity index (χ0n) is 12.0. The second kappa shape index (κ2) is 6.64. The zero-order chi connectivity index (χ0) is 15.4. The van der Waals surface area contributed by atoms with Crippen molar-refractivity contribution in [2.75, 3.05) is 6.61 Å². The Morgan fingerprint density at radius 3 is 2.71 bits per heavy atom. The molecule has 0 fully saturated rings. The first kappa shape index (κ1) is 15.4. The quantitative estimate of drug-likeness (QED) is 0.792. The van der Waals surface area contributed by atoms with Crippen LogP contribution in [-0.4, -0.2) is 11.2 Å². The van der Waals surface area contributed by atoms with Gasteiger partial charge in [-0.25, -0.2) is 0 Å². The highest BCUT2D eigenvalue weighted by atomic mass is 79.9. The van der Waals surface area contributed by atoms with Crippen LogP contribution in [0, 0.1) is 19.3 Å². The molecule has 3 nitrogen and oxygen atoms in total. The first-order valence-electron chi connectivity index (χ1n) is 6.65. The van der Waals surface area contributed by atoms with Gasteiger partial charge in [-0.15, -0.1) is 6.42 Å². The number of aryl methyl sites for hydroxylation is 1. The summed E-state index contributed by atoms with van der Waals surface area (Å²) < 4.78 is 8.02. The molecule has 0 radical (unpaired) electrons. The molecule has 0 atom stereocenters. The lowest BCUT2D eigenvalue weighted by Gasteiger charge is -2.14. The molecule has 1 heterocycles. The first-order valence-corrected chi connectivity index (χ1v) is 7.44. The average molecular weight is 346 g/mol. The molecule has 0 N–H and O–H groups in total. The van der Waals surface area contributed by atoms with Gasteiger partial charge in [-0.05, 0) is 54.0 Å². The Labute approximate surface area is 132 Å². The van der Waals surface area contributed by atoms with Crippen molar-refractivity contribution in [3.05, 3.63) is 50.7 Å². The van der Waals surface area contributed by atoms with Crippen LogP contribution >= 0.6 is 15.9 Å². The number of terminal acetylenes is 1. The van der Waals surface area contributed by atoms with E-state index in [2.05, 4.69) is 21.9 Å². The molecule has 1 aromatic heterocycles. The Hall–Kier alpha value is -1.99. The van der Waals surface area contributed by atoms with E-state index in [4.69, 9.17) is 11.2 Å². The summed E-state index contributed by atoms with van der Waals surface area (Å²) in [4.78, 5) is 12.2. The fraction of sp³-hybridized carbons (Fsp3) is 0.235. The Morgan fingerprint density at radius 2 is 2.10 bits per heavy atom. The van der Waals surface area contributed by atoms with E-state index in [0.717, 1.165) is 21.3 Å². The predicted octanol–water partition coefficient (Wildman–Crippen LogP) is 3.62. The van der Waals surface area contributed by atoms with Gasteiger partial charge in [0.25, 0.3) is 5.56 Å². The Balaban J connectivity index is 2.51. The highest BCUT2D eigenvalue weighted by Crippen LogP contribution is 2.31. The SMILES string of the molecule is C#CCOc1ccc(-c2ccc(C)c(=O)n2CC)c(Br)c1. The predicted molar refractivity (Wildman–Crippen MR) is 88.6 cm³/mol. The van der Waals surface area contributed by atoms with Gasteiger partial charge in [0.15, 0.2) is 0 Å². The number of hydrogen-bond acceptors (Lipinski definition) is 2. The second-order valence-electron chi connectivity index (χ2n) is 4.59. The molecular formula is C17H16BrNO2. The van der Waals surface area contributed by atoms with Crippen LogP contribution in [0.1, 0.15) is 12.5 Å². The zero-order valence-corrected chi connectivity index (χ0v) is 13.6. The fourth-order valence-electron chi connectivity index (χ4n) is 2.15. The molecule has 0 aliphatic carbocycles. The van der Waals surface area contributed by atoms with E-state index in [1.165, 1.54) is 0 Å². The number of nitrogens with zero attached hydrogens (tertiary/aromatic N) is 1. The van der Waals surface area contributed by atoms with Gasteiger partial charge in [0.05, 0.1) is 5.69 Å². The molecule has 0 bridgehead atoms. The first-order chi connectivity index (χ1) is 10.1. The van der Waals surface area contributed by atoms with Crippen LogP contribution in [0.25, 0.3) is 11.3 Å². The third-order valence-electron chi connectivity index (χ3n) is 3.22. The van der Waals surface area contributed by atoms with Crippen LogP contribution < -0.4 is 10.3 Å². The maximum absolute atomic E-state index is 12.2. The maximum Gasteiger partial charge on any atom is 0.253 e. The summed E-state index contributed by atoms with van der Waals surface area (Å²) in [5.41, 5.74) is 2.60. The summed E-state index contributed by atoms with van der Waals surface area (Å²) in [5.74, 6) is 3.13. The molecule has 0 spiro atoms. The van der Waals surface area contributed by atoms with Crippen molar-refractivity contribution in [1.82, 2.24) is 4.57 Å². The molecule has 0 aliphatic rings. The topological polar surface area (TPSA) is 31.2 Å². The molecule has 108 valence electrons. The van der Waals surface area contributed by atoms with Crippen LogP contribution in [-0.2, 0) is 6.54 Å². The molecule has 2 rings (SSSR count). The maximum atomic E-state index is 12.2. The van der Waals surface area contributed by atoms with E-state index in [0.29, 0.717) is 12.3 Å². The van der Waals surface area contributed by atoms with Crippen molar-refractivity contribution >= 4 is 15.9 Å². The number of halogens is 1. The van der Waals surface area contributed by atoms with E-state index in [9.17, 15) is 4.79 Å². The van der Waals surface area contributed by atoms with Crippen molar-refractivity contribution in [2.24, 2.45) is 0 Å². The minimum absolute atomic E-state index is 0.0366. The lowest BCUT2D eigenvalue weighted by Crippen LogP contribution is -2.22. The monoisotopic (exact) mass is 345 g/mol. The van der Waals surface area contributed by atoms with E-state index in [1.807, 2.05) is 44.2 Å². The molecule has 21 heavy (non-hydrogen) atoms. The van der Waals surface area contributed by atoms with Crippen LogP contribution in [0.3, 0.4) is 0 Å². The van der Waals surface area contributed by atoms with Gasteiger partial charge in [-0.2, -0.15) is 0 Å². The van der Waals surface area contributed by atoms with E-state index in [1.54, 1.807) is 4.57 Å². The van der Waals surface area contributed by atoms with Gasteiger partial charge in [0.1, 0.15) is 12.4 Å². The van der Waals surface area contributed by atoms with Crippen LogP contribution in [0.5, 0.6) is 5.75 Å². The van der Waals surface area contributed by atoms with Crippen molar-refractivity contribution in [2.45, 2.75) is 20.4 Å². The Morgan fingerprint density at radius 1 is 1.33 bits per heavy atom. The molecule has 0 aliphatic heterocycles. The van der Waals surface area contributed by atoms with Crippen molar-refractivity contribution in [3.63, 3.8) is 0 Å². The van der Waals surface area contributed by atoms with Gasteiger partial charge in [0, 0.05) is 22.1 Å². The number of pyridine rings is 1. The lowest BCUT2D eigenvalue weighted by molar-refractivity contribution is 0.370. The number of hydrogen-bond donors (Lipinski definition) is 0. The summed E-state index contributed by atoms with van der Waals surface area (Å²) in [5, 5.41) is 0. The number of benzene rings is 1. The molecular weight excluding hydrogens is 330 g/mol. The van der Waals surface area contributed by atoms with Crippen LogP contribution in [0.15, 0.2) is 39.6 Å². The van der Waals surface area contributed by atoms with Gasteiger partial charge in [-0.3, -0.25) is 4.79 Å². The number of aromatic nitrogens is 1. The third kappa shape index (κ3) is 3.20. The van der Waals surface area contributed by atoms with E-state index in [-0.39, 0.29) is 12.2 Å². The van der Waals surface area contributed by atoms with Gasteiger partial charge < -0.3 is 9.30 Å². The average Bonchev–Trinajstić information content (AvgIpc) is 2.48. The summed E-state index contributed by atoms with van der Waals surface area (Å²) >= 11 is 3.54. The third-order valence-corrected chi connectivity index (χ3v) is 3.88. The molecule has 4 heteroatoms. The van der Waals surface area contributed by atoms with Crippen molar-refractivity contribution in [1.29, 1.82) is 0 Å². The van der Waals surface area contributed by atoms with Crippen LogP contribution in [0.2, 0.25) is 0 Å². The summed E-state index contributed by atoms with van der Waals surface area (Å²) in [6, 6.07) is 9.44. The molecule has 2 aromatic rings. The largest absolute Gasteiger partial charge is 0.481 e. The molecule has 1 aromatic carbocycles. The van der Waals surface area contributed by atoms with Gasteiger partial charge in [-0.1, -0.05) is 12.0 Å². The minimum Gasteiger partial charge on any atom is -0.481 e. The summed E-state index contributed by atoms with van der Waals surface area (Å²) in [6.45, 7) is 4.64. The lowest BCUT2D eigenvalue weighted by atomic mass is 10.1. The molecule has 0 saturated heterocycles. The highest BCUT2D eigenvalue weighted by Gasteiger charge is 2.11. The summed E-state index contributed by atoms with van der Waals surface area (Å²) in [6.07, 6.45) is 5.18. The number of rotatable bonds is 4. The van der Waals surface area contributed by atoms with Crippen molar-refractivity contribution < 1.29 is 4.74 Å². The fourth-order valence-corrected chi connectivity index (χ4v) is 2.72.